The first-order chi connectivity index (χ1) is 11.4. The zero-order chi connectivity index (χ0) is 17.5. The van der Waals surface area contributed by atoms with Crippen molar-refractivity contribution in [3.63, 3.8) is 0 Å². The van der Waals surface area contributed by atoms with Crippen LogP contribution in [0.3, 0.4) is 0 Å². The van der Waals surface area contributed by atoms with Crippen LogP contribution < -0.4 is 9.64 Å². The molecule has 0 amide bonds. The fraction of sp³-hybridized carbons (Fsp3) is 0.650. The van der Waals surface area contributed by atoms with E-state index < -0.39 is 11.7 Å². The Balaban J connectivity index is 1.99. The first-order valence-corrected chi connectivity index (χ1v) is 9.13. The van der Waals surface area contributed by atoms with Gasteiger partial charge in [-0.1, -0.05) is 6.92 Å². The second kappa shape index (κ2) is 6.40. The van der Waals surface area contributed by atoms with E-state index in [4.69, 9.17) is 4.74 Å². The normalized spacial score (nSPS) is 27.5. The van der Waals surface area contributed by atoms with Gasteiger partial charge in [0.1, 0.15) is 17.6 Å². The molecule has 2 unspecified atom stereocenters. The molecule has 2 aliphatic heterocycles. The molecule has 0 spiro atoms. The highest BCUT2D eigenvalue weighted by atomic mass is 16.5. The Hall–Kier alpha value is -1.55. The maximum absolute atomic E-state index is 11.4. The number of aliphatic hydroxyl groups excluding tert-OH is 1. The average Bonchev–Trinajstić information content (AvgIpc) is 3.01. The van der Waals surface area contributed by atoms with Crippen LogP contribution >= 0.6 is 0 Å². The molecule has 132 valence electrons. The van der Waals surface area contributed by atoms with Gasteiger partial charge in [0, 0.05) is 12.2 Å². The van der Waals surface area contributed by atoms with Crippen molar-refractivity contribution in [2.75, 3.05) is 11.4 Å². The number of hydrogen-bond donors (Lipinski definition) is 1. The van der Waals surface area contributed by atoms with Gasteiger partial charge in [0.15, 0.2) is 0 Å². The number of rotatable bonds is 4. The standard InChI is InChI=1S/C20H29NO3/c1-5-18(23)20(4)9-8-16-14(3)19(13(2)11-17(16)24-20)21-10-6-7-15(21)12-22/h11-12,15,18,23H,5-10H2,1-4H3/t15-,18?,20?/m0/s1. The highest BCUT2D eigenvalue weighted by Crippen LogP contribution is 2.43. The summed E-state index contributed by atoms with van der Waals surface area (Å²) >= 11 is 0. The summed E-state index contributed by atoms with van der Waals surface area (Å²) in [6.07, 6.45) is 5.04. The number of nitrogens with zero attached hydrogens (tertiary/aromatic N) is 1. The number of ether oxygens (including phenoxy) is 1. The maximum atomic E-state index is 11.4. The van der Waals surface area contributed by atoms with E-state index in [1.807, 2.05) is 13.8 Å². The maximum Gasteiger partial charge on any atom is 0.142 e. The largest absolute Gasteiger partial charge is 0.485 e. The Labute approximate surface area is 144 Å². The van der Waals surface area contributed by atoms with Crippen molar-refractivity contribution in [3.05, 3.63) is 22.8 Å². The molecule has 2 heterocycles. The predicted molar refractivity (Wildman–Crippen MR) is 96.0 cm³/mol. The van der Waals surface area contributed by atoms with Crippen LogP contribution in [0.5, 0.6) is 5.75 Å². The van der Waals surface area contributed by atoms with E-state index in [0.717, 1.165) is 49.8 Å². The molecule has 1 aromatic carbocycles. The van der Waals surface area contributed by atoms with Gasteiger partial charge in [0.2, 0.25) is 0 Å². The summed E-state index contributed by atoms with van der Waals surface area (Å²) < 4.78 is 6.27. The zero-order valence-electron chi connectivity index (χ0n) is 15.3. The molecule has 4 heteroatoms. The molecule has 1 fully saturated rings. The third-order valence-electron chi connectivity index (χ3n) is 5.88. The minimum Gasteiger partial charge on any atom is -0.485 e. The van der Waals surface area contributed by atoms with Crippen LogP contribution in [0.4, 0.5) is 5.69 Å². The molecule has 0 aliphatic carbocycles. The Kier molecular flexibility index (Phi) is 4.60. The summed E-state index contributed by atoms with van der Waals surface area (Å²) in [5.74, 6) is 0.900. The van der Waals surface area contributed by atoms with E-state index in [2.05, 4.69) is 24.8 Å². The van der Waals surface area contributed by atoms with Gasteiger partial charge in [-0.2, -0.15) is 0 Å². The molecule has 1 N–H and O–H groups in total. The van der Waals surface area contributed by atoms with Gasteiger partial charge in [-0.05, 0) is 75.6 Å². The van der Waals surface area contributed by atoms with Crippen molar-refractivity contribution >= 4 is 12.0 Å². The lowest BCUT2D eigenvalue weighted by Crippen LogP contribution is -2.47. The van der Waals surface area contributed by atoms with Crippen molar-refractivity contribution in [2.45, 2.75) is 77.5 Å². The van der Waals surface area contributed by atoms with Crippen LogP contribution in [0.15, 0.2) is 6.07 Å². The van der Waals surface area contributed by atoms with Crippen LogP contribution in [-0.4, -0.2) is 35.7 Å². The Morgan fingerprint density at radius 1 is 1.50 bits per heavy atom. The van der Waals surface area contributed by atoms with Crippen molar-refractivity contribution in [1.29, 1.82) is 0 Å². The van der Waals surface area contributed by atoms with Gasteiger partial charge in [-0.25, -0.2) is 0 Å². The fourth-order valence-corrected chi connectivity index (χ4v) is 4.37. The van der Waals surface area contributed by atoms with Crippen LogP contribution in [0, 0.1) is 13.8 Å². The third kappa shape index (κ3) is 2.71. The van der Waals surface area contributed by atoms with Crippen molar-refractivity contribution in [1.82, 2.24) is 0 Å². The van der Waals surface area contributed by atoms with E-state index in [0.29, 0.717) is 6.42 Å². The van der Waals surface area contributed by atoms with Crippen molar-refractivity contribution in [2.24, 2.45) is 0 Å². The van der Waals surface area contributed by atoms with Crippen LogP contribution in [-0.2, 0) is 11.2 Å². The molecule has 0 aromatic heterocycles. The molecular weight excluding hydrogens is 302 g/mol. The Morgan fingerprint density at radius 2 is 2.25 bits per heavy atom. The number of aliphatic hydroxyl groups is 1. The second-order valence-electron chi connectivity index (χ2n) is 7.52. The highest BCUT2D eigenvalue weighted by molar-refractivity contribution is 5.73. The summed E-state index contributed by atoms with van der Waals surface area (Å²) in [4.78, 5) is 13.7. The number of aldehydes is 1. The molecular formula is C20H29NO3. The van der Waals surface area contributed by atoms with E-state index in [1.165, 1.54) is 16.8 Å². The fourth-order valence-electron chi connectivity index (χ4n) is 4.37. The number of aryl methyl sites for hydroxylation is 1. The predicted octanol–water partition coefficient (Wildman–Crippen LogP) is 3.33. The summed E-state index contributed by atoms with van der Waals surface area (Å²) in [6.45, 7) is 9.17. The number of carbonyl (C=O) groups is 1. The van der Waals surface area contributed by atoms with E-state index >= 15 is 0 Å². The highest BCUT2D eigenvalue weighted by Gasteiger charge is 2.39. The molecule has 1 aromatic rings. The molecule has 3 rings (SSSR count). The molecule has 24 heavy (non-hydrogen) atoms. The van der Waals surface area contributed by atoms with Crippen LogP contribution in [0.1, 0.15) is 56.2 Å². The van der Waals surface area contributed by atoms with E-state index in [1.54, 1.807) is 0 Å². The number of carbonyl (C=O) groups excluding carboxylic acids is 1. The van der Waals surface area contributed by atoms with Gasteiger partial charge in [0.25, 0.3) is 0 Å². The average molecular weight is 331 g/mol. The summed E-state index contributed by atoms with van der Waals surface area (Å²) in [7, 11) is 0. The molecule has 0 radical (unpaired) electrons. The zero-order valence-corrected chi connectivity index (χ0v) is 15.3. The smallest absolute Gasteiger partial charge is 0.142 e. The van der Waals surface area contributed by atoms with Crippen LogP contribution in [0.2, 0.25) is 0 Å². The number of benzene rings is 1. The topological polar surface area (TPSA) is 49.8 Å². The first kappa shape index (κ1) is 17.3. The molecule has 2 aliphatic rings. The van der Waals surface area contributed by atoms with Crippen molar-refractivity contribution in [3.8, 4) is 5.75 Å². The molecule has 1 saturated heterocycles. The lowest BCUT2D eigenvalue weighted by Gasteiger charge is -2.40. The third-order valence-corrected chi connectivity index (χ3v) is 5.88. The van der Waals surface area contributed by atoms with E-state index in [9.17, 15) is 9.90 Å². The van der Waals surface area contributed by atoms with E-state index in [-0.39, 0.29) is 6.04 Å². The minimum absolute atomic E-state index is 0.00265. The molecule has 0 bridgehead atoms. The quantitative estimate of drug-likeness (QED) is 0.860. The lowest BCUT2D eigenvalue weighted by molar-refractivity contribution is -0.108. The molecule has 4 nitrogen and oxygen atoms in total. The lowest BCUT2D eigenvalue weighted by atomic mass is 9.84. The summed E-state index contributed by atoms with van der Waals surface area (Å²) in [5.41, 5.74) is 4.29. The summed E-state index contributed by atoms with van der Waals surface area (Å²) in [6, 6.07) is 2.09. The van der Waals surface area contributed by atoms with Crippen molar-refractivity contribution < 1.29 is 14.6 Å². The first-order valence-electron chi connectivity index (χ1n) is 9.13. The monoisotopic (exact) mass is 331 g/mol. The number of hydrogen-bond acceptors (Lipinski definition) is 4. The SMILES string of the molecule is CCC(O)C1(C)CCc2c(cc(C)c(N3CCC[C@H]3C=O)c2C)O1. The van der Waals surface area contributed by atoms with Crippen LogP contribution in [0.25, 0.3) is 0 Å². The molecule has 3 atom stereocenters. The Bertz CT molecular complexity index is 642. The van der Waals surface area contributed by atoms with Gasteiger partial charge in [-0.15, -0.1) is 0 Å². The van der Waals surface area contributed by atoms with Gasteiger partial charge in [0.05, 0.1) is 12.1 Å². The number of anilines is 1. The summed E-state index contributed by atoms with van der Waals surface area (Å²) in [5, 5.41) is 10.3. The Morgan fingerprint density at radius 3 is 2.92 bits per heavy atom. The van der Waals surface area contributed by atoms with Gasteiger partial charge in [-0.3, -0.25) is 0 Å². The number of fused-ring (bicyclic) bond motifs is 1. The second-order valence-corrected chi connectivity index (χ2v) is 7.52. The minimum atomic E-state index is -0.513. The molecule has 0 saturated carbocycles. The van der Waals surface area contributed by atoms with Gasteiger partial charge < -0.3 is 19.5 Å². The van der Waals surface area contributed by atoms with Gasteiger partial charge >= 0.3 is 0 Å².